The van der Waals surface area contributed by atoms with Crippen LogP contribution >= 0.6 is 0 Å². The van der Waals surface area contributed by atoms with Gasteiger partial charge in [0.05, 0.1) is 23.6 Å². The fourth-order valence-corrected chi connectivity index (χ4v) is 4.98. The van der Waals surface area contributed by atoms with Crippen LogP contribution in [0.15, 0.2) is 79.1 Å². The summed E-state index contributed by atoms with van der Waals surface area (Å²) < 4.78 is 4.26. The number of pyridine rings is 2. The van der Waals surface area contributed by atoms with E-state index in [4.69, 9.17) is 15.8 Å². The second kappa shape index (κ2) is 8.56. The molecule has 2 N–H and O–H groups in total. The van der Waals surface area contributed by atoms with Crippen LogP contribution in [0.3, 0.4) is 0 Å². The van der Waals surface area contributed by atoms with Crippen molar-refractivity contribution in [1.82, 2.24) is 19.7 Å². The van der Waals surface area contributed by atoms with Crippen molar-refractivity contribution in [2.45, 2.75) is 38.3 Å². The quantitative estimate of drug-likeness (QED) is 0.373. The summed E-state index contributed by atoms with van der Waals surface area (Å²) in [6.45, 7) is 3.87. The Kier molecular flexibility index (Phi) is 5.35. The predicted molar refractivity (Wildman–Crippen MR) is 139 cm³/mol. The average Bonchev–Trinajstić information content (AvgIpc) is 3.26. The van der Waals surface area contributed by atoms with Gasteiger partial charge in [0.25, 0.3) is 11.5 Å². The molecule has 0 amide bonds. The molecule has 0 spiro atoms. The lowest BCUT2D eigenvalue weighted by atomic mass is 9.73. The topological polar surface area (TPSA) is 64.1 Å². The molecular formula is C29H31N6+. The maximum Gasteiger partial charge on any atom is 0.297 e. The summed E-state index contributed by atoms with van der Waals surface area (Å²) in [7, 11) is 2.12. The van der Waals surface area contributed by atoms with E-state index in [0.717, 1.165) is 65.1 Å². The third kappa shape index (κ3) is 3.79. The molecule has 0 atom stereocenters. The van der Waals surface area contributed by atoms with Crippen LogP contribution in [0.4, 0.5) is 0 Å². The summed E-state index contributed by atoms with van der Waals surface area (Å²) in [5.41, 5.74) is 12.9. The molecular weight excluding hydrogens is 432 g/mol. The number of nitrogens with zero attached hydrogens (tertiary/aromatic N) is 5. The predicted octanol–water partition coefficient (Wildman–Crippen LogP) is 4.62. The zero-order chi connectivity index (χ0) is 24.0. The Morgan fingerprint density at radius 2 is 1.80 bits per heavy atom. The molecule has 3 aromatic heterocycles. The minimum atomic E-state index is -0.171. The molecule has 6 heteroatoms. The number of nitrogens with two attached hydrogens (primary N) is 1. The molecule has 3 heterocycles. The van der Waals surface area contributed by atoms with Gasteiger partial charge in [-0.25, -0.2) is 0 Å². The van der Waals surface area contributed by atoms with E-state index in [1.54, 1.807) is 0 Å². The van der Waals surface area contributed by atoms with Gasteiger partial charge in [0, 0.05) is 22.4 Å². The van der Waals surface area contributed by atoms with Crippen LogP contribution in [0.5, 0.6) is 0 Å². The van der Waals surface area contributed by atoms with Crippen molar-refractivity contribution < 1.29 is 4.40 Å². The summed E-state index contributed by atoms with van der Waals surface area (Å²) in [5, 5.41) is 6.18. The summed E-state index contributed by atoms with van der Waals surface area (Å²) in [6, 6.07) is 23.4. The Bertz CT molecular complexity index is 1500. The van der Waals surface area contributed by atoms with E-state index in [0.29, 0.717) is 0 Å². The van der Waals surface area contributed by atoms with Crippen molar-refractivity contribution in [1.29, 1.82) is 0 Å². The van der Waals surface area contributed by atoms with Gasteiger partial charge in [-0.15, -0.1) is 0 Å². The second-order valence-corrected chi connectivity index (χ2v) is 9.75. The molecule has 6 nitrogen and oxygen atoms in total. The number of aromatic nitrogens is 4. The second-order valence-electron chi connectivity index (χ2n) is 9.75. The standard InChI is InChI=1S/C29H31N6/c1-3-33(2)20-27-32-35(24-12-10-23(11-13-24)29(30)15-7-16-29)28-25-18-22(21-8-5-4-6-9-21)19-31-26(25)14-17-34(27)28/h4-6,8-14,17-19H,3,7,15-16,20,30H2,1-2H3/q+1. The van der Waals surface area contributed by atoms with Crippen LogP contribution < -0.4 is 10.1 Å². The van der Waals surface area contributed by atoms with Crippen molar-refractivity contribution >= 4 is 16.6 Å². The summed E-state index contributed by atoms with van der Waals surface area (Å²) >= 11 is 0. The van der Waals surface area contributed by atoms with Gasteiger partial charge in [-0.1, -0.05) is 54.1 Å². The summed E-state index contributed by atoms with van der Waals surface area (Å²) in [4.78, 5) is 7.08. The van der Waals surface area contributed by atoms with E-state index in [1.807, 2.05) is 12.3 Å². The van der Waals surface area contributed by atoms with Crippen molar-refractivity contribution in [2.24, 2.45) is 5.73 Å². The first-order chi connectivity index (χ1) is 17.1. The molecule has 0 radical (unpaired) electrons. The minimum absolute atomic E-state index is 0.171. The van der Waals surface area contributed by atoms with Crippen LogP contribution in [0.1, 0.15) is 37.6 Å². The Balaban J connectivity index is 1.56. The van der Waals surface area contributed by atoms with E-state index in [2.05, 4.69) is 94.8 Å². The summed E-state index contributed by atoms with van der Waals surface area (Å²) in [5.74, 6) is 0.995. The van der Waals surface area contributed by atoms with Crippen LogP contribution in [0.25, 0.3) is 33.4 Å². The van der Waals surface area contributed by atoms with Crippen LogP contribution in [0, 0.1) is 0 Å². The van der Waals surface area contributed by atoms with Gasteiger partial charge < -0.3 is 5.73 Å². The maximum atomic E-state index is 6.58. The molecule has 0 aliphatic heterocycles. The van der Waals surface area contributed by atoms with Gasteiger partial charge in [-0.3, -0.25) is 9.88 Å². The maximum absolute atomic E-state index is 6.58. The van der Waals surface area contributed by atoms with Gasteiger partial charge >= 0.3 is 0 Å². The van der Waals surface area contributed by atoms with Gasteiger partial charge in [-0.05, 0) is 68.2 Å². The van der Waals surface area contributed by atoms with E-state index < -0.39 is 0 Å². The normalized spacial score (nSPS) is 15.1. The van der Waals surface area contributed by atoms with Crippen molar-refractivity contribution in [3.05, 3.63) is 90.5 Å². The molecule has 0 saturated heterocycles. The third-order valence-electron chi connectivity index (χ3n) is 7.45. The van der Waals surface area contributed by atoms with E-state index in [1.165, 1.54) is 12.0 Å². The van der Waals surface area contributed by atoms with Gasteiger partial charge in [-0.2, -0.15) is 4.40 Å². The lowest BCUT2D eigenvalue weighted by molar-refractivity contribution is -0.522. The number of fused-ring (bicyclic) bond motifs is 3. The molecule has 6 rings (SSSR count). The Morgan fingerprint density at radius 1 is 1.03 bits per heavy atom. The first-order valence-electron chi connectivity index (χ1n) is 12.4. The van der Waals surface area contributed by atoms with Crippen LogP contribution in [-0.2, 0) is 12.1 Å². The highest BCUT2D eigenvalue weighted by molar-refractivity contribution is 5.92. The Morgan fingerprint density at radius 3 is 2.49 bits per heavy atom. The molecule has 2 aromatic carbocycles. The zero-order valence-electron chi connectivity index (χ0n) is 20.4. The smallest absolute Gasteiger partial charge is 0.297 e. The number of rotatable bonds is 6. The van der Waals surface area contributed by atoms with Crippen LogP contribution in [-0.4, -0.2) is 33.3 Å². The fraction of sp³-hybridized carbons (Fsp3) is 0.276. The fourth-order valence-electron chi connectivity index (χ4n) is 4.98. The Labute approximate surface area is 205 Å². The lowest BCUT2D eigenvalue weighted by Gasteiger charge is -2.38. The first-order valence-corrected chi connectivity index (χ1v) is 12.4. The van der Waals surface area contributed by atoms with Crippen molar-refractivity contribution in [2.75, 3.05) is 13.6 Å². The lowest BCUT2D eigenvalue weighted by Crippen LogP contribution is -2.43. The van der Waals surface area contributed by atoms with Crippen molar-refractivity contribution in [3.8, 4) is 16.8 Å². The highest BCUT2D eigenvalue weighted by Crippen LogP contribution is 2.38. The highest BCUT2D eigenvalue weighted by atomic mass is 15.4. The molecule has 0 bridgehead atoms. The molecule has 1 aliphatic carbocycles. The zero-order valence-corrected chi connectivity index (χ0v) is 20.4. The van der Waals surface area contributed by atoms with Crippen molar-refractivity contribution in [3.63, 3.8) is 0 Å². The molecule has 0 unspecified atom stereocenters. The van der Waals surface area contributed by atoms with Gasteiger partial charge in [0.1, 0.15) is 5.69 Å². The average molecular weight is 464 g/mol. The SMILES string of the molecule is CCN(C)Cc1nn(-c2ccc(C3(N)CCC3)cc2)c2c3cc(-c4ccccc4)cnc3cc[n+]12. The van der Waals surface area contributed by atoms with Gasteiger partial charge in [0.2, 0.25) is 0 Å². The highest BCUT2D eigenvalue weighted by Gasteiger charge is 2.34. The van der Waals surface area contributed by atoms with E-state index in [-0.39, 0.29) is 5.54 Å². The Hall–Kier alpha value is -3.61. The first kappa shape index (κ1) is 21.9. The third-order valence-corrected chi connectivity index (χ3v) is 7.45. The summed E-state index contributed by atoms with van der Waals surface area (Å²) in [6.07, 6.45) is 7.36. The molecule has 176 valence electrons. The van der Waals surface area contributed by atoms with Crippen LogP contribution in [0.2, 0.25) is 0 Å². The molecule has 1 aliphatic rings. The number of hydrogen-bond acceptors (Lipinski definition) is 4. The molecule has 5 aromatic rings. The monoisotopic (exact) mass is 463 g/mol. The molecule has 1 saturated carbocycles. The minimum Gasteiger partial charge on any atom is -0.321 e. The molecule has 1 fully saturated rings. The number of benzene rings is 2. The van der Waals surface area contributed by atoms with E-state index in [9.17, 15) is 0 Å². The van der Waals surface area contributed by atoms with Gasteiger partial charge in [0.15, 0.2) is 0 Å². The van der Waals surface area contributed by atoms with E-state index >= 15 is 0 Å². The largest absolute Gasteiger partial charge is 0.321 e. The molecule has 35 heavy (non-hydrogen) atoms. The number of hydrogen-bond donors (Lipinski definition) is 1.